The van der Waals surface area contributed by atoms with Crippen molar-refractivity contribution in [3.63, 3.8) is 0 Å². The molecule has 1 unspecified atom stereocenters. The smallest absolute Gasteiger partial charge is 0.247 e. The molecule has 0 bridgehead atoms. The van der Waals surface area contributed by atoms with Gasteiger partial charge in [0.2, 0.25) is 11.8 Å². The van der Waals surface area contributed by atoms with Crippen LogP contribution in [-0.4, -0.2) is 49.4 Å². The van der Waals surface area contributed by atoms with E-state index in [9.17, 15) is 9.59 Å². The van der Waals surface area contributed by atoms with E-state index in [4.69, 9.17) is 0 Å². The summed E-state index contributed by atoms with van der Waals surface area (Å²) in [6.07, 6.45) is 0.710. The lowest BCUT2D eigenvalue weighted by molar-refractivity contribution is -0.130. The van der Waals surface area contributed by atoms with Gasteiger partial charge in [-0.3, -0.25) is 9.59 Å². The summed E-state index contributed by atoms with van der Waals surface area (Å²) in [5.41, 5.74) is 1.89. The molecule has 2 saturated heterocycles. The third kappa shape index (κ3) is 1.95. The van der Waals surface area contributed by atoms with Gasteiger partial charge in [0.25, 0.3) is 0 Å². The number of likely N-dealkylation sites (tertiary alicyclic amines) is 1. The number of hydrogen-bond acceptors (Lipinski definition) is 3. The van der Waals surface area contributed by atoms with E-state index in [0.717, 1.165) is 30.8 Å². The molecule has 0 aliphatic carbocycles. The molecule has 2 heterocycles. The fraction of sp³-hybridized carbons (Fsp3) is 0.636. The highest BCUT2D eigenvalue weighted by Gasteiger charge is 2.30. The van der Waals surface area contributed by atoms with Gasteiger partial charge in [0, 0.05) is 32.3 Å². The molecule has 0 saturated carbocycles. The summed E-state index contributed by atoms with van der Waals surface area (Å²) in [5, 5.41) is 5.89. The van der Waals surface area contributed by atoms with Crippen molar-refractivity contribution in [3.8, 4) is 0 Å². The third-order valence-corrected chi connectivity index (χ3v) is 3.28. The van der Waals surface area contributed by atoms with Crippen LogP contribution < -0.4 is 10.6 Å². The highest BCUT2D eigenvalue weighted by atomic mass is 16.2. The zero-order chi connectivity index (χ0) is 11.7. The fourth-order valence-corrected chi connectivity index (χ4v) is 1.90. The molecule has 88 valence electrons. The maximum absolute atomic E-state index is 11.8. The molecular weight excluding hydrogens is 206 g/mol. The maximum atomic E-state index is 11.8. The Bertz CT molecular complexity index is 356. The van der Waals surface area contributed by atoms with Crippen molar-refractivity contribution in [3.05, 3.63) is 11.1 Å². The van der Waals surface area contributed by atoms with Crippen LogP contribution in [0.1, 0.15) is 13.3 Å². The Morgan fingerprint density at radius 2 is 2.19 bits per heavy atom. The van der Waals surface area contributed by atoms with Crippen LogP contribution in [0.25, 0.3) is 0 Å². The molecule has 2 aliphatic heterocycles. The standard InChI is InChI=1S/C11H17N3O2/c1-7(8-5-12-6-8)10(15)13-9-3-4-14(2)11(9)16/h9,12H,3-6H2,1-2H3,(H,13,15). The summed E-state index contributed by atoms with van der Waals surface area (Å²) >= 11 is 0. The number of rotatable bonds is 2. The van der Waals surface area contributed by atoms with E-state index >= 15 is 0 Å². The van der Waals surface area contributed by atoms with Gasteiger partial charge in [0.05, 0.1) is 0 Å². The Kier molecular flexibility index (Phi) is 2.96. The summed E-state index contributed by atoms with van der Waals surface area (Å²) in [4.78, 5) is 25.1. The van der Waals surface area contributed by atoms with Crippen molar-refractivity contribution in [2.45, 2.75) is 19.4 Å². The van der Waals surface area contributed by atoms with Crippen LogP contribution in [0.2, 0.25) is 0 Å². The fourth-order valence-electron chi connectivity index (χ4n) is 1.90. The summed E-state index contributed by atoms with van der Waals surface area (Å²) in [6, 6.07) is -0.332. The van der Waals surface area contributed by atoms with Crippen LogP contribution >= 0.6 is 0 Å². The van der Waals surface area contributed by atoms with E-state index in [2.05, 4.69) is 10.6 Å². The Balaban J connectivity index is 1.95. The lowest BCUT2D eigenvalue weighted by Gasteiger charge is -2.22. The molecule has 2 amide bonds. The van der Waals surface area contributed by atoms with E-state index < -0.39 is 0 Å². The van der Waals surface area contributed by atoms with Crippen molar-refractivity contribution in [2.24, 2.45) is 0 Å². The number of nitrogens with one attached hydrogen (secondary N) is 2. The number of hydrogen-bond donors (Lipinski definition) is 2. The van der Waals surface area contributed by atoms with Gasteiger partial charge in [-0.1, -0.05) is 0 Å². The normalized spacial score (nSPS) is 24.4. The average molecular weight is 223 g/mol. The minimum atomic E-state index is -0.332. The quantitative estimate of drug-likeness (QED) is 0.606. The number of carbonyl (C=O) groups is 2. The van der Waals surface area contributed by atoms with Gasteiger partial charge in [-0.25, -0.2) is 0 Å². The summed E-state index contributed by atoms with van der Waals surface area (Å²) in [5.74, 6) is -0.0944. The van der Waals surface area contributed by atoms with Gasteiger partial charge in [0.15, 0.2) is 0 Å². The predicted molar refractivity (Wildman–Crippen MR) is 59.8 cm³/mol. The molecule has 0 radical (unpaired) electrons. The second kappa shape index (κ2) is 4.25. The molecule has 1 atom stereocenters. The lowest BCUT2D eigenvalue weighted by Crippen LogP contribution is -2.43. The van der Waals surface area contributed by atoms with Crippen LogP contribution in [0.3, 0.4) is 0 Å². The molecule has 5 heteroatoms. The highest BCUT2D eigenvalue weighted by molar-refractivity contribution is 5.97. The molecular formula is C11H17N3O2. The predicted octanol–water partition coefficient (Wildman–Crippen LogP) is -0.747. The van der Waals surface area contributed by atoms with Crippen LogP contribution in [0.5, 0.6) is 0 Å². The summed E-state index contributed by atoms with van der Waals surface area (Å²) in [6.45, 7) is 4.12. The van der Waals surface area contributed by atoms with Crippen molar-refractivity contribution >= 4 is 11.8 Å². The maximum Gasteiger partial charge on any atom is 0.247 e. The first-order chi connectivity index (χ1) is 7.59. The largest absolute Gasteiger partial charge is 0.344 e. The molecule has 0 spiro atoms. The first kappa shape index (κ1) is 11.1. The molecule has 0 aromatic heterocycles. The van der Waals surface area contributed by atoms with Crippen molar-refractivity contribution < 1.29 is 9.59 Å². The van der Waals surface area contributed by atoms with Crippen LogP contribution in [0, 0.1) is 0 Å². The summed E-state index contributed by atoms with van der Waals surface area (Å²) < 4.78 is 0. The molecule has 2 rings (SSSR count). The van der Waals surface area contributed by atoms with E-state index in [1.165, 1.54) is 0 Å². The second-order valence-corrected chi connectivity index (χ2v) is 4.41. The number of carbonyl (C=O) groups excluding carboxylic acids is 2. The van der Waals surface area contributed by atoms with Gasteiger partial charge in [0.1, 0.15) is 6.04 Å². The Labute approximate surface area is 94.9 Å². The average Bonchev–Trinajstić information content (AvgIpc) is 2.47. The van der Waals surface area contributed by atoms with Gasteiger partial charge < -0.3 is 15.5 Å². The Hall–Kier alpha value is -1.36. The number of amides is 2. The van der Waals surface area contributed by atoms with Crippen molar-refractivity contribution in [1.82, 2.24) is 15.5 Å². The Morgan fingerprint density at radius 3 is 2.62 bits per heavy atom. The molecule has 2 N–H and O–H groups in total. The SMILES string of the molecule is CC(C(=O)NC1CCN(C)C1=O)=C1CNC1. The number of nitrogens with zero attached hydrogens (tertiary/aromatic N) is 1. The van der Waals surface area contributed by atoms with Gasteiger partial charge in [-0.2, -0.15) is 0 Å². The van der Waals surface area contributed by atoms with E-state index in [1.807, 2.05) is 6.92 Å². The zero-order valence-corrected chi connectivity index (χ0v) is 9.67. The minimum Gasteiger partial charge on any atom is -0.344 e. The molecule has 5 nitrogen and oxygen atoms in total. The third-order valence-electron chi connectivity index (χ3n) is 3.28. The van der Waals surface area contributed by atoms with E-state index in [-0.39, 0.29) is 17.9 Å². The molecule has 2 fully saturated rings. The minimum absolute atomic E-state index is 0.0119. The molecule has 0 aromatic rings. The first-order valence-corrected chi connectivity index (χ1v) is 5.55. The first-order valence-electron chi connectivity index (χ1n) is 5.55. The topological polar surface area (TPSA) is 61.4 Å². The van der Waals surface area contributed by atoms with Crippen molar-refractivity contribution in [2.75, 3.05) is 26.7 Å². The van der Waals surface area contributed by atoms with Crippen LogP contribution in [0.4, 0.5) is 0 Å². The second-order valence-electron chi connectivity index (χ2n) is 4.41. The van der Waals surface area contributed by atoms with Gasteiger partial charge >= 0.3 is 0 Å². The molecule has 2 aliphatic rings. The highest BCUT2D eigenvalue weighted by Crippen LogP contribution is 2.12. The van der Waals surface area contributed by atoms with E-state index in [1.54, 1.807) is 11.9 Å². The summed E-state index contributed by atoms with van der Waals surface area (Å²) in [7, 11) is 1.76. The zero-order valence-electron chi connectivity index (χ0n) is 9.67. The van der Waals surface area contributed by atoms with Crippen molar-refractivity contribution in [1.29, 1.82) is 0 Å². The Morgan fingerprint density at radius 1 is 1.50 bits per heavy atom. The van der Waals surface area contributed by atoms with E-state index in [0.29, 0.717) is 6.42 Å². The molecule has 0 aromatic carbocycles. The molecule has 16 heavy (non-hydrogen) atoms. The van der Waals surface area contributed by atoms with Gasteiger partial charge in [-0.15, -0.1) is 0 Å². The van der Waals surface area contributed by atoms with Crippen LogP contribution in [-0.2, 0) is 9.59 Å². The van der Waals surface area contributed by atoms with Gasteiger partial charge in [-0.05, 0) is 18.9 Å². The monoisotopic (exact) mass is 223 g/mol. The lowest BCUT2D eigenvalue weighted by atomic mass is 10.0. The number of likely N-dealkylation sites (N-methyl/N-ethyl adjacent to an activating group) is 1. The van der Waals surface area contributed by atoms with Crippen LogP contribution in [0.15, 0.2) is 11.1 Å².